The van der Waals surface area contributed by atoms with Crippen LogP contribution in [-0.2, 0) is 9.59 Å². The minimum atomic E-state index is 0.0253. The number of carbonyl (C=O) groups is 2. The number of likely N-dealkylation sites (tertiary alicyclic amines) is 1. The van der Waals surface area contributed by atoms with E-state index >= 15 is 0 Å². The fraction of sp³-hybridized carbons (Fsp3) is 0.619. The lowest BCUT2D eigenvalue weighted by molar-refractivity contribution is -0.135. The summed E-state index contributed by atoms with van der Waals surface area (Å²) in [6.45, 7) is 8.70. The van der Waals surface area contributed by atoms with Crippen molar-refractivity contribution in [2.24, 2.45) is 17.3 Å². The van der Waals surface area contributed by atoms with Crippen molar-refractivity contribution in [3.63, 3.8) is 0 Å². The van der Waals surface area contributed by atoms with Crippen LogP contribution in [0.4, 0.5) is 5.69 Å². The maximum Gasteiger partial charge on any atom is 0.227 e. The van der Waals surface area contributed by atoms with E-state index in [0.717, 1.165) is 38.2 Å². The molecule has 0 spiro atoms. The van der Waals surface area contributed by atoms with Crippen LogP contribution in [0.15, 0.2) is 30.3 Å². The van der Waals surface area contributed by atoms with Crippen LogP contribution in [-0.4, -0.2) is 36.3 Å². The van der Waals surface area contributed by atoms with Crippen LogP contribution in [0.3, 0.4) is 0 Å². The minimum absolute atomic E-state index is 0.0253. The van der Waals surface area contributed by atoms with Crippen molar-refractivity contribution < 1.29 is 9.59 Å². The Morgan fingerprint density at radius 1 is 1.08 bits per heavy atom. The minimum Gasteiger partial charge on any atom is -0.342 e. The van der Waals surface area contributed by atoms with Crippen LogP contribution in [0.1, 0.15) is 46.5 Å². The number of anilines is 1. The molecule has 2 amide bonds. The molecule has 0 bridgehead atoms. The molecule has 0 saturated carbocycles. The van der Waals surface area contributed by atoms with Gasteiger partial charge >= 0.3 is 0 Å². The highest BCUT2D eigenvalue weighted by Gasteiger charge is 2.37. The second-order valence-corrected chi connectivity index (χ2v) is 8.76. The molecule has 3 rings (SSSR count). The molecule has 0 aromatic heterocycles. The van der Waals surface area contributed by atoms with Crippen LogP contribution in [0.2, 0.25) is 0 Å². The Bertz CT molecular complexity index is 621. The predicted octanol–water partition coefficient (Wildman–Crippen LogP) is 3.71. The summed E-state index contributed by atoms with van der Waals surface area (Å²) in [4.78, 5) is 29.3. The first-order chi connectivity index (χ1) is 11.8. The van der Waals surface area contributed by atoms with Gasteiger partial charge in [-0.25, -0.2) is 0 Å². The number of fused-ring (bicyclic) bond motifs is 1. The first-order valence-electron chi connectivity index (χ1n) is 9.47. The van der Waals surface area contributed by atoms with Crippen molar-refractivity contribution in [3.8, 4) is 0 Å². The standard InChI is InChI=1S/C21H30N2O2/c1-21(2,3)14-20(25)22-11-9-16-13-19(24)23(12-10-17(16)15-22)18-7-5-4-6-8-18/h4-8,16-17H,9-15H2,1-3H3. The number of hydrogen-bond acceptors (Lipinski definition) is 2. The Hall–Kier alpha value is -1.84. The summed E-state index contributed by atoms with van der Waals surface area (Å²) >= 11 is 0. The summed E-state index contributed by atoms with van der Waals surface area (Å²) in [6, 6.07) is 9.95. The molecule has 2 fully saturated rings. The molecule has 136 valence electrons. The van der Waals surface area contributed by atoms with Gasteiger partial charge in [0.2, 0.25) is 11.8 Å². The molecular weight excluding hydrogens is 312 g/mol. The molecule has 1 aromatic carbocycles. The van der Waals surface area contributed by atoms with Gasteiger partial charge in [0, 0.05) is 38.2 Å². The maximum absolute atomic E-state index is 12.7. The van der Waals surface area contributed by atoms with E-state index in [-0.39, 0.29) is 17.2 Å². The van der Waals surface area contributed by atoms with E-state index in [2.05, 4.69) is 20.8 Å². The molecule has 2 unspecified atom stereocenters. The maximum atomic E-state index is 12.7. The first-order valence-corrected chi connectivity index (χ1v) is 9.47. The second kappa shape index (κ2) is 7.19. The Labute approximate surface area is 151 Å². The molecule has 4 heteroatoms. The van der Waals surface area contributed by atoms with Crippen LogP contribution in [0.25, 0.3) is 0 Å². The summed E-state index contributed by atoms with van der Waals surface area (Å²) in [7, 11) is 0. The van der Waals surface area contributed by atoms with Gasteiger partial charge in [0.1, 0.15) is 0 Å². The van der Waals surface area contributed by atoms with Crippen LogP contribution >= 0.6 is 0 Å². The third kappa shape index (κ3) is 4.42. The molecule has 2 aliphatic rings. The van der Waals surface area contributed by atoms with E-state index in [0.29, 0.717) is 24.7 Å². The van der Waals surface area contributed by atoms with Crippen LogP contribution in [0, 0.1) is 17.3 Å². The van der Waals surface area contributed by atoms with Gasteiger partial charge in [-0.05, 0) is 42.2 Å². The molecule has 0 N–H and O–H groups in total. The largest absolute Gasteiger partial charge is 0.342 e. The Morgan fingerprint density at radius 3 is 2.44 bits per heavy atom. The van der Waals surface area contributed by atoms with Gasteiger partial charge in [-0.15, -0.1) is 0 Å². The number of para-hydroxylation sites is 1. The first kappa shape index (κ1) is 18.0. The average molecular weight is 342 g/mol. The van der Waals surface area contributed by atoms with Crippen molar-refractivity contribution in [3.05, 3.63) is 30.3 Å². The Kier molecular flexibility index (Phi) is 5.16. The molecule has 2 saturated heterocycles. The highest BCUT2D eigenvalue weighted by molar-refractivity contribution is 5.93. The van der Waals surface area contributed by atoms with E-state index in [1.807, 2.05) is 40.1 Å². The molecule has 0 radical (unpaired) electrons. The normalized spacial score (nSPS) is 24.7. The number of benzene rings is 1. The molecular formula is C21H30N2O2. The van der Waals surface area contributed by atoms with Crippen molar-refractivity contribution in [1.82, 2.24) is 4.90 Å². The zero-order valence-electron chi connectivity index (χ0n) is 15.7. The lowest BCUT2D eigenvalue weighted by Gasteiger charge is -2.38. The zero-order valence-corrected chi connectivity index (χ0v) is 15.7. The number of hydrogen-bond donors (Lipinski definition) is 0. The van der Waals surface area contributed by atoms with Crippen molar-refractivity contribution in [1.29, 1.82) is 0 Å². The summed E-state index contributed by atoms with van der Waals surface area (Å²) in [6.07, 6.45) is 3.14. The number of piperidine rings is 1. The fourth-order valence-corrected chi connectivity index (χ4v) is 4.10. The lowest BCUT2D eigenvalue weighted by Crippen LogP contribution is -2.44. The van der Waals surface area contributed by atoms with Crippen LogP contribution < -0.4 is 4.90 Å². The summed E-state index contributed by atoms with van der Waals surface area (Å²) < 4.78 is 0. The van der Waals surface area contributed by atoms with Gasteiger partial charge in [0.25, 0.3) is 0 Å². The van der Waals surface area contributed by atoms with E-state index in [1.54, 1.807) is 0 Å². The third-order valence-electron chi connectivity index (χ3n) is 5.45. The van der Waals surface area contributed by atoms with E-state index in [9.17, 15) is 9.59 Å². The molecule has 2 aliphatic heterocycles. The van der Waals surface area contributed by atoms with Crippen molar-refractivity contribution in [2.75, 3.05) is 24.5 Å². The van der Waals surface area contributed by atoms with E-state index in [1.165, 1.54) is 0 Å². The topological polar surface area (TPSA) is 40.6 Å². The second-order valence-electron chi connectivity index (χ2n) is 8.76. The highest BCUT2D eigenvalue weighted by Crippen LogP contribution is 2.34. The summed E-state index contributed by atoms with van der Waals surface area (Å²) in [5.41, 5.74) is 1.02. The highest BCUT2D eigenvalue weighted by atomic mass is 16.2. The molecule has 4 nitrogen and oxygen atoms in total. The van der Waals surface area contributed by atoms with Gasteiger partial charge in [0.15, 0.2) is 0 Å². The van der Waals surface area contributed by atoms with Crippen molar-refractivity contribution >= 4 is 17.5 Å². The van der Waals surface area contributed by atoms with E-state index < -0.39 is 0 Å². The molecule has 1 aromatic rings. The number of carbonyl (C=O) groups excluding carboxylic acids is 2. The Balaban J connectivity index is 1.66. The zero-order chi connectivity index (χ0) is 18.0. The van der Waals surface area contributed by atoms with Gasteiger partial charge in [-0.1, -0.05) is 39.0 Å². The molecule has 2 atom stereocenters. The predicted molar refractivity (Wildman–Crippen MR) is 100 cm³/mol. The number of nitrogens with zero attached hydrogens (tertiary/aromatic N) is 2. The quantitative estimate of drug-likeness (QED) is 0.822. The SMILES string of the molecule is CC(C)(C)CC(=O)N1CCC2CC(=O)N(c3ccccc3)CCC2C1. The fourth-order valence-electron chi connectivity index (χ4n) is 4.10. The number of amides is 2. The molecule has 25 heavy (non-hydrogen) atoms. The van der Waals surface area contributed by atoms with Crippen LogP contribution in [0.5, 0.6) is 0 Å². The van der Waals surface area contributed by atoms with Gasteiger partial charge in [-0.2, -0.15) is 0 Å². The van der Waals surface area contributed by atoms with Crippen molar-refractivity contribution in [2.45, 2.75) is 46.5 Å². The van der Waals surface area contributed by atoms with Gasteiger partial charge in [0.05, 0.1) is 0 Å². The van der Waals surface area contributed by atoms with Gasteiger partial charge < -0.3 is 9.80 Å². The number of rotatable bonds is 2. The average Bonchev–Trinajstić information content (AvgIpc) is 2.71. The Morgan fingerprint density at radius 2 is 1.76 bits per heavy atom. The monoisotopic (exact) mass is 342 g/mol. The smallest absolute Gasteiger partial charge is 0.227 e. The summed E-state index contributed by atoms with van der Waals surface area (Å²) in [5.74, 6) is 1.35. The molecule has 2 heterocycles. The van der Waals surface area contributed by atoms with Gasteiger partial charge in [-0.3, -0.25) is 9.59 Å². The summed E-state index contributed by atoms with van der Waals surface area (Å²) in [5, 5.41) is 0. The van der Waals surface area contributed by atoms with E-state index in [4.69, 9.17) is 0 Å². The third-order valence-corrected chi connectivity index (χ3v) is 5.45. The lowest BCUT2D eigenvalue weighted by atomic mass is 9.81. The molecule has 0 aliphatic carbocycles.